The number of carbonyl (C=O) groups excluding carboxylic acids is 1. The van der Waals surface area contributed by atoms with Crippen LogP contribution < -0.4 is 0 Å². The molecule has 0 unspecified atom stereocenters. The van der Waals surface area contributed by atoms with Gasteiger partial charge in [0.25, 0.3) is 0 Å². The lowest BCUT2D eigenvalue weighted by Crippen LogP contribution is -2.27. The van der Waals surface area contributed by atoms with Gasteiger partial charge < -0.3 is 0 Å². The minimum Gasteiger partial charge on any atom is -0.245 e. The number of hydrogen-bond donors (Lipinski definition) is 0. The van der Waals surface area contributed by atoms with Crippen molar-refractivity contribution in [3.63, 3.8) is 0 Å². The number of carbonyl (C=O) groups is 1. The Morgan fingerprint density at radius 3 is 3.11 bits per heavy atom. The summed E-state index contributed by atoms with van der Waals surface area (Å²) in [6.07, 6.45) is 3.93. The van der Waals surface area contributed by atoms with Crippen LogP contribution in [0.5, 0.6) is 0 Å². The van der Waals surface area contributed by atoms with Gasteiger partial charge in [0.05, 0.1) is 0 Å². The summed E-state index contributed by atoms with van der Waals surface area (Å²) in [4.78, 5) is 15.0. The van der Waals surface area contributed by atoms with Gasteiger partial charge >= 0.3 is 6.03 Å². The van der Waals surface area contributed by atoms with Crippen molar-refractivity contribution >= 4 is 12.2 Å². The smallest absolute Gasteiger partial charge is 0.245 e. The first-order valence-electron chi connectivity index (χ1n) is 2.58. The van der Waals surface area contributed by atoms with Crippen molar-refractivity contribution in [2.45, 2.75) is 6.42 Å². The highest BCUT2D eigenvalue weighted by Crippen LogP contribution is 1.97. The summed E-state index contributed by atoms with van der Waals surface area (Å²) < 4.78 is 0. The Labute approximate surface area is 52.4 Å². The molecule has 1 heterocycles. The van der Waals surface area contributed by atoms with Crippen molar-refractivity contribution in [1.82, 2.24) is 4.90 Å². The van der Waals surface area contributed by atoms with Crippen molar-refractivity contribution in [3.05, 3.63) is 0 Å². The topological polar surface area (TPSA) is 56.5 Å². The van der Waals surface area contributed by atoms with E-state index < -0.39 is 6.03 Å². The molecule has 2 amide bonds. The van der Waals surface area contributed by atoms with Crippen molar-refractivity contribution in [1.29, 1.82) is 5.26 Å². The molecule has 0 saturated carbocycles. The van der Waals surface area contributed by atoms with Crippen molar-refractivity contribution in [3.8, 4) is 6.19 Å². The molecule has 1 aliphatic rings. The van der Waals surface area contributed by atoms with Gasteiger partial charge in [0, 0.05) is 19.2 Å². The number of nitrogens with zero attached hydrogens (tertiary/aromatic N) is 3. The summed E-state index contributed by atoms with van der Waals surface area (Å²) >= 11 is 0. The zero-order valence-corrected chi connectivity index (χ0v) is 4.74. The highest BCUT2D eigenvalue weighted by atomic mass is 16.2. The molecule has 0 aromatic rings. The van der Waals surface area contributed by atoms with E-state index in [1.54, 1.807) is 6.19 Å². The highest BCUT2D eigenvalue weighted by molar-refractivity contribution is 5.86. The minimum atomic E-state index is -0.455. The molecular formula is C5H5N3O. The fourth-order valence-electron chi connectivity index (χ4n) is 0.588. The second-order valence-electron chi connectivity index (χ2n) is 1.63. The van der Waals surface area contributed by atoms with Gasteiger partial charge in [-0.15, -0.1) is 0 Å². The first kappa shape index (κ1) is 5.76. The molecule has 1 rings (SSSR count). The summed E-state index contributed by atoms with van der Waals surface area (Å²) in [5, 5.41) is 8.24. The lowest BCUT2D eigenvalue weighted by atomic mass is 10.4. The summed E-state index contributed by atoms with van der Waals surface area (Å²) in [6.45, 7) is 0.471. The van der Waals surface area contributed by atoms with Gasteiger partial charge in [-0.1, -0.05) is 0 Å². The molecule has 0 aliphatic carbocycles. The Bertz CT molecular complexity index is 191. The van der Waals surface area contributed by atoms with Crippen molar-refractivity contribution < 1.29 is 4.79 Å². The van der Waals surface area contributed by atoms with E-state index in [9.17, 15) is 4.79 Å². The van der Waals surface area contributed by atoms with E-state index in [2.05, 4.69) is 4.99 Å². The Balaban J connectivity index is 2.69. The molecule has 1 aliphatic heterocycles. The molecule has 0 radical (unpaired) electrons. The number of rotatable bonds is 0. The molecule has 0 aromatic heterocycles. The highest BCUT2D eigenvalue weighted by Gasteiger charge is 2.12. The molecule has 0 bridgehead atoms. The monoisotopic (exact) mass is 123 g/mol. The zero-order valence-electron chi connectivity index (χ0n) is 4.74. The predicted molar refractivity (Wildman–Crippen MR) is 30.8 cm³/mol. The van der Waals surface area contributed by atoms with Gasteiger partial charge in [-0.3, -0.25) is 0 Å². The van der Waals surface area contributed by atoms with Crippen LogP contribution >= 0.6 is 0 Å². The van der Waals surface area contributed by atoms with Gasteiger partial charge in [-0.05, 0) is 0 Å². The van der Waals surface area contributed by atoms with Crippen molar-refractivity contribution in [2.24, 2.45) is 4.99 Å². The average molecular weight is 123 g/mol. The van der Waals surface area contributed by atoms with Crippen LogP contribution in [0, 0.1) is 11.5 Å². The average Bonchev–Trinajstić information content (AvgIpc) is 1.89. The third kappa shape index (κ3) is 1.05. The van der Waals surface area contributed by atoms with E-state index in [0.717, 1.165) is 4.90 Å². The van der Waals surface area contributed by atoms with Crippen molar-refractivity contribution in [2.75, 3.05) is 6.54 Å². The van der Waals surface area contributed by atoms with E-state index >= 15 is 0 Å². The standard InChI is InChI=1S/C5H5N3O/c6-4-8-3-1-2-7-5(8)9/h2H,1,3H2. The molecule has 0 N–H and O–H groups in total. The van der Waals surface area contributed by atoms with Crippen LogP contribution in [0.15, 0.2) is 4.99 Å². The maximum atomic E-state index is 10.5. The van der Waals surface area contributed by atoms with Crippen LogP contribution in [0.25, 0.3) is 0 Å². The van der Waals surface area contributed by atoms with Crippen LogP contribution in [0.4, 0.5) is 4.79 Å². The third-order valence-corrected chi connectivity index (χ3v) is 1.04. The van der Waals surface area contributed by atoms with Gasteiger partial charge in [-0.2, -0.15) is 5.26 Å². The van der Waals surface area contributed by atoms with Crippen LogP contribution in [0.2, 0.25) is 0 Å². The maximum Gasteiger partial charge on any atom is 0.356 e. The second kappa shape index (κ2) is 2.27. The van der Waals surface area contributed by atoms with Gasteiger partial charge in [0.15, 0.2) is 6.19 Å². The molecule has 4 heteroatoms. The molecule has 0 aromatic carbocycles. The molecule has 9 heavy (non-hydrogen) atoms. The molecule has 0 spiro atoms. The summed E-state index contributed by atoms with van der Waals surface area (Å²) in [7, 11) is 0. The lowest BCUT2D eigenvalue weighted by Gasteiger charge is -2.11. The summed E-state index contributed by atoms with van der Waals surface area (Å²) in [6, 6.07) is -0.455. The van der Waals surface area contributed by atoms with Gasteiger partial charge in [-0.25, -0.2) is 14.7 Å². The minimum absolute atomic E-state index is 0.455. The SMILES string of the molecule is N#CN1CCC=NC1=O. The quantitative estimate of drug-likeness (QED) is 0.437. The fraction of sp³-hybridized carbons (Fsp3) is 0.400. The first-order valence-corrected chi connectivity index (χ1v) is 2.58. The van der Waals surface area contributed by atoms with Gasteiger partial charge in [0.1, 0.15) is 0 Å². The van der Waals surface area contributed by atoms with E-state index in [4.69, 9.17) is 5.26 Å². The molecule has 46 valence electrons. The molecule has 0 saturated heterocycles. The first-order chi connectivity index (χ1) is 4.34. The van der Waals surface area contributed by atoms with Crippen LogP contribution in [0.1, 0.15) is 6.42 Å². The van der Waals surface area contributed by atoms with E-state index in [0.29, 0.717) is 13.0 Å². The molecule has 0 fully saturated rings. The fourth-order valence-corrected chi connectivity index (χ4v) is 0.588. The molecule has 0 atom stereocenters. The van der Waals surface area contributed by atoms with E-state index in [1.807, 2.05) is 0 Å². The lowest BCUT2D eigenvalue weighted by molar-refractivity contribution is 0.226. The van der Waals surface area contributed by atoms with Crippen LogP contribution in [-0.2, 0) is 0 Å². The van der Waals surface area contributed by atoms with Crippen LogP contribution in [0.3, 0.4) is 0 Å². The number of aliphatic imine (C=N–C) groups is 1. The second-order valence-corrected chi connectivity index (χ2v) is 1.63. The predicted octanol–water partition coefficient (Wildman–Crippen LogP) is 0.364. The Morgan fingerprint density at radius 1 is 1.89 bits per heavy atom. The maximum absolute atomic E-state index is 10.5. The molecule has 4 nitrogen and oxygen atoms in total. The Kier molecular flexibility index (Phi) is 1.45. The zero-order chi connectivity index (χ0) is 6.69. The van der Waals surface area contributed by atoms with Crippen LogP contribution in [-0.4, -0.2) is 23.7 Å². The Hall–Kier alpha value is -1.37. The number of urea groups is 1. The third-order valence-electron chi connectivity index (χ3n) is 1.04. The Morgan fingerprint density at radius 2 is 2.67 bits per heavy atom. The number of amides is 2. The van der Waals surface area contributed by atoms with Gasteiger partial charge in [0.2, 0.25) is 0 Å². The summed E-state index contributed by atoms with van der Waals surface area (Å²) in [5.74, 6) is 0. The van der Waals surface area contributed by atoms with E-state index in [-0.39, 0.29) is 0 Å². The normalized spacial score (nSPS) is 17.7. The number of hydrogen-bond acceptors (Lipinski definition) is 2. The molecular weight excluding hydrogens is 118 g/mol. The van der Waals surface area contributed by atoms with E-state index in [1.165, 1.54) is 6.21 Å². The summed E-state index contributed by atoms with van der Waals surface area (Å²) in [5.41, 5.74) is 0. The largest absolute Gasteiger partial charge is 0.356 e. The number of nitriles is 1.